The molecule has 1 amide bonds. The zero-order valence-electron chi connectivity index (χ0n) is 11.6. The third-order valence-electron chi connectivity index (χ3n) is 3.32. The van der Waals surface area contributed by atoms with Gasteiger partial charge in [-0.15, -0.1) is 0 Å². The maximum Gasteiger partial charge on any atom is 0.241 e. The Morgan fingerprint density at radius 1 is 1.38 bits per heavy atom. The molecule has 1 aliphatic rings. The van der Waals surface area contributed by atoms with E-state index in [-0.39, 0.29) is 29.8 Å². The van der Waals surface area contributed by atoms with Gasteiger partial charge in [-0.3, -0.25) is 4.79 Å². The average Bonchev–Trinajstić information content (AvgIpc) is 3.23. The molecule has 0 bridgehead atoms. The number of nitrogens with one attached hydrogen (secondary N) is 2. The van der Waals surface area contributed by atoms with Crippen molar-refractivity contribution >= 4 is 37.5 Å². The Kier molecular flexibility index (Phi) is 4.90. The van der Waals surface area contributed by atoms with Gasteiger partial charge in [0.15, 0.2) is 0 Å². The Balaban J connectivity index is 1.96. The first-order chi connectivity index (χ1) is 9.81. The van der Waals surface area contributed by atoms with Crippen LogP contribution in [-0.2, 0) is 14.8 Å². The van der Waals surface area contributed by atoms with Gasteiger partial charge in [0.25, 0.3) is 0 Å². The number of hydrogen-bond donors (Lipinski definition) is 3. The van der Waals surface area contributed by atoms with E-state index in [1.165, 1.54) is 6.07 Å². The van der Waals surface area contributed by atoms with Gasteiger partial charge in [0.05, 0.1) is 4.90 Å². The van der Waals surface area contributed by atoms with Crippen molar-refractivity contribution in [1.82, 2.24) is 10.0 Å². The van der Waals surface area contributed by atoms with Crippen LogP contribution in [0, 0.1) is 12.8 Å². The fourth-order valence-electron chi connectivity index (χ4n) is 1.89. The van der Waals surface area contributed by atoms with E-state index in [9.17, 15) is 13.2 Å². The van der Waals surface area contributed by atoms with Crippen molar-refractivity contribution in [3.05, 3.63) is 22.2 Å². The number of hydrogen-bond acceptors (Lipinski definition) is 4. The Bertz CT molecular complexity index is 657. The second-order valence-electron chi connectivity index (χ2n) is 5.08. The Morgan fingerprint density at radius 3 is 2.67 bits per heavy atom. The number of carbonyl (C=O) groups excluding carboxylic acids is 1. The molecule has 1 aliphatic carbocycles. The molecule has 1 aromatic carbocycles. The van der Waals surface area contributed by atoms with Gasteiger partial charge in [-0.25, -0.2) is 13.1 Å². The lowest BCUT2D eigenvalue weighted by Gasteiger charge is -2.12. The van der Waals surface area contributed by atoms with Gasteiger partial charge in [0.1, 0.15) is 0 Å². The summed E-state index contributed by atoms with van der Waals surface area (Å²) >= 11 is 3.23. The molecule has 1 aromatic rings. The minimum atomic E-state index is -3.65. The number of nitrogens with two attached hydrogens (primary N) is 1. The molecular formula is C13H18BrN3O3S. The van der Waals surface area contributed by atoms with Crippen LogP contribution in [0.5, 0.6) is 0 Å². The summed E-state index contributed by atoms with van der Waals surface area (Å²) in [5, 5.41) is 2.71. The van der Waals surface area contributed by atoms with Crippen LogP contribution in [0.15, 0.2) is 21.5 Å². The summed E-state index contributed by atoms with van der Waals surface area (Å²) in [7, 11) is -3.65. The molecule has 6 nitrogen and oxygen atoms in total. The highest BCUT2D eigenvalue weighted by Gasteiger charge is 2.29. The van der Waals surface area contributed by atoms with Crippen molar-refractivity contribution in [2.24, 2.45) is 5.92 Å². The van der Waals surface area contributed by atoms with E-state index in [1.54, 1.807) is 13.0 Å². The molecule has 116 valence electrons. The fourth-order valence-corrected chi connectivity index (χ4v) is 3.85. The summed E-state index contributed by atoms with van der Waals surface area (Å²) in [6.07, 6.45) is 1.85. The highest BCUT2D eigenvalue weighted by molar-refractivity contribution is 9.10. The molecule has 0 unspecified atom stereocenters. The molecule has 0 aromatic heterocycles. The molecule has 0 atom stereocenters. The summed E-state index contributed by atoms with van der Waals surface area (Å²) < 4.78 is 27.6. The van der Waals surface area contributed by atoms with Crippen molar-refractivity contribution in [3.8, 4) is 0 Å². The van der Waals surface area contributed by atoms with Crippen LogP contribution in [0.25, 0.3) is 0 Å². The summed E-state index contributed by atoms with van der Waals surface area (Å²) in [6, 6.07) is 3.17. The largest absolute Gasteiger partial charge is 0.398 e. The van der Waals surface area contributed by atoms with Gasteiger partial charge >= 0.3 is 0 Å². The van der Waals surface area contributed by atoms with Gasteiger partial charge < -0.3 is 11.1 Å². The molecular weight excluding hydrogens is 358 g/mol. The van der Waals surface area contributed by atoms with E-state index >= 15 is 0 Å². The van der Waals surface area contributed by atoms with Crippen molar-refractivity contribution in [1.29, 1.82) is 0 Å². The number of sulfonamides is 1. The third kappa shape index (κ3) is 4.18. The lowest BCUT2D eigenvalue weighted by molar-refractivity contribution is -0.122. The summed E-state index contributed by atoms with van der Waals surface area (Å²) in [5.74, 6) is 0.116. The number of rotatable bonds is 6. The summed E-state index contributed by atoms with van der Waals surface area (Å²) in [5.41, 5.74) is 6.69. The standard InChI is InChI=1S/C13H18BrN3O3S/c1-8-11(15)6-10(14)7-12(8)21(19,20)17-5-4-16-13(18)9-2-3-9/h6-7,9,17H,2-5,15H2,1H3,(H,16,18). The van der Waals surface area contributed by atoms with Crippen molar-refractivity contribution in [2.45, 2.75) is 24.7 Å². The van der Waals surface area contributed by atoms with Crippen molar-refractivity contribution in [3.63, 3.8) is 0 Å². The number of anilines is 1. The topological polar surface area (TPSA) is 101 Å². The molecule has 0 heterocycles. The van der Waals surface area contributed by atoms with E-state index in [0.717, 1.165) is 12.8 Å². The SMILES string of the molecule is Cc1c(N)cc(Br)cc1S(=O)(=O)NCCNC(=O)C1CC1. The molecule has 8 heteroatoms. The van der Waals surface area contributed by atoms with Gasteiger partial charge in [-0.05, 0) is 37.5 Å². The number of nitrogen functional groups attached to an aromatic ring is 1. The molecule has 0 saturated heterocycles. The summed E-state index contributed by atoms with van der Waals surface area (Å²) in [6.45, 7) is 2.08. The molecule has 2 rings (SSSR count). The zero-order chi connectivity index (χ0) is 15.6. The molecule has 0 radical (unpaired) electrons. The smallest absolute Gasteiger partial charge is 0.241 e. The van der Waals surface area contributed by atoms with Crippen LogP contribution in [0.3, 0.4) is 0 Å². The van der Waals surface area contributed by atoms with E-state index in [0.29, 0.717) is 15.7 Å². The highest BCUT2D eigenvalue weighted by Crippen LogP contribution is 2.28. The predicted molar refractivity (Wildman–Crippen MR) is 84.2 cm³/mol. The minimum Gasteiger partial charge on any atom is -0.398 e. The number of carbonyl (C=O) groups is 1. The molecule has 4 N–H and O–H groups in total. The van der Waals surface area contributed by atoms with E-state index in [2.05, 4.69) is 26.0 Å². The predicted octanol–water partition coefficient (Wildman–Crippen LogP) is 1.14. The summed E-state index contributed by atoms with van der Waals surface area (Å²) in [4.78, 5) is 11.6. The van der Waals surface area contributed by atoms with E-state index < -0.39 is 10.0 Å². The van der Waals surface area contributed by atoms with Crippen LogP contribution in [0.2, 0.25) is 0 Å². The number of halogens is 1. The molecule has 21 heavy (non-hydrogen) atoms. The number of amides is 1. The lowest BCUT2D eigenvalue weighted by atomic mass is 10.2. The second-order valence-corrected chi connectivity index (χ2v) is 7.73. The Hall–Kier alpha value is -1.12. The minimum absolute atomic E-state index is 0.00271. The quantitative estimate of drug-likeness (QED) is 0.512. The van der Waals surface area contributed by atoms with E-state index in [4.69, 9.17) is 5.73 Å². The van der Waals surface area contributed by atoms with Crippen molar-refractivity contribution in [2.75, 3.05) is 18.8 Å². The van der Waals surface area contributed by atoms with Crippen LogP contribution in [0.4, 0.5) is 5.69 Å². The lowest BCUT2D eigenvalue weighted by Crippen LogP contribution is -2.35. The molecule has 0 spiro atoms. The highest BCUT2D eigenvalue weighted by atomic mass is 79.9. The Labute approximate surface area is 132 Å². The first-order valence-corrected chi connectivity index (χ1v) is 8.92. The van der Waals surface area contributed by atoms with Gasteiger partial charge in [0, 0.05) is 29.2 Å². The first kappa shape index (κ1) is 16.3. The van der Waals surface area contributed by atoms with Gasteiger partial charge in [-0.1, -0.05) is 15.9 Å². The monoisotopic (exact) mass is 375 g/mol. The van der Waals surface area contributed by atoms with Crippen LogP contribution >= 0.6 is 15.9 Å². The van der Waals surface area contributed by atoms with Crippen LogP contribution < -0.4 is 15.8 Å². The normalized spacial score (nSPS) is 15.0. The van der Waals surface area contributed by atoms with Crippen LogP contribution in [-0.4, -0.2) is 27.4 Å². The average molecular weight is 376 g/mol. The maximum absolute atomic E-state index is 12.2. The van der Waals surface area contributed by atoms with E-state index in [1.807, 2.05) is 0 Å². The van der Waals surface area contributed by atoms with Gasteiger partial charge in [0.2, 0.25) is 15.9 Å². The third-order valence-corrected chi connectivity index (χ3v) is 5.36. The van der Waals surface area contributed by atoms with Crippen LogP contribution in [0.1, 0.15) is 18.4 Å². The molecule has 0 aliphatic heterocycles. The van der Waals surface area contributed by atoms with Crippen molar-refractivity contribution < 1.29 is 13.2 Å². The first-order valence-electron chi connectivity index (χ1n) is 6.64. The molecule has 1 saturated carbocycles. The second kappa shape index (κ2) is 6.33. The molecule has 1 fully saturated rings. The maximum atomic E-state index is 12.2. The zero-order valence-corrected chi connectivity index (χ0v) is 14.1. The number of benzene rings is 1. The fraction of sp³-hybridized carbons (Fsp3) is 0.462. The Morgan fingerprint density at radius 2 is 2.05 bits per heavy atom. The van der Waals surface area contributed by atoms with Gasteiger partial charge in [-0.2, -0.15) is 0 Å².